The average molecular weight is 270 g/mol. The van der Waals surface area contributed by atoms with Crippen molar-refractivity contribution < 1.29 is 4.74 Å². The molecule has 1 saturated heterocycles. The van der Waals surface area contributed by atoms with Crippen molar-refractivity contribution in [3.63, 3.8) is 0 Å². The van der Waals surface area contributed by atoms with Crippen LogP contribution in [-0.2, 0) is 4.74 Å². The number of hydrogen-bond donors (Lipinski definition) is 1. The van der Waals surface area contributed by atoms with Crippen LogP contribution in [0, 0.1) is 12.8 Å². The predicted octanol–water partition coefficient (Wildman–Crippen LogP) is 3.23. The van der Waals surface area contributed by atoms with E-state index < -0.39 is 0 Å². The molecule has 0 saturated carbocycles. The maximum atomic E-state index is 5.56. The van der Waals surface area contributed by atoms with Gasteiger partial charge in [-0.25, -0.2) is 0 Å². The number of para-hydroxylation sites is 1. The molecule has 2 heterocycles. The fourth-order valence-electron chi connectivity index (χ4n) is 3.08. The SMILES string of the molecule is CCNC(c1cc(C)c2ccccc2n1)C1CCOC1. The van der Waals surface area contributed by atoms with Gasteiger partial charge in [0.1, 0.15) is 0 Å². The van der Waals surface area contributed by atoms with Gasteiger partial charge in [0.25, 0.3) is 0 Å². The molecule has 0 amide bonds. The highest BCUT2D eigenvalue weighted by atomic mass is 16.5. The summed E-state index contributed by atoms with van der Waals surface area (Å²) >= 11 is 0. The Balaban J connectivity index is 2.01. The lowest BCUT2D eigenvalue weighted by molar-refractivity contribution is 0.176. The molecule has 1 aromatic heterocycles. The lowest BCUT2D eigenvalue weighted by Crippen LogP contribution is -2.29. The summed E-state index contributed by atoms with van der Waals surface area (Å²) in [6.07, 6.45) is 1.12. The predicted molar refractivity (Wildman–Crippen MR) is 81.8 cm³/mol. The molecular weight excluding hydrogens is 248 g/mol. The van der Waals surface area contributed by atoms with Crippen LogP contribution in [0.5, 0.6) is 0 Å². The smallest absolute Gasteiger partial charge is 0.0708 e. The molecule has 1 N–H and O–H groups in total. The lowest BCUT2D eigenvalue weighted by atomic mass is 9.94. The zero-order valence-electron chi connectivity index (χ0n) is 12.2. The van der Waals surface area contributed by atoms with Crippen LogP contribution in [0.15, 0.2) is 30.3 Å². The highest BCUT2D eigenvalue weighted by molar-refractivity contribution is 5.82. The number of pyridine rings is 1. The van der Waals surface area contributed by atoms with Crippen LogP contribution in [0.4, 0.5) is 0 Å². The Morgan fingerprint density at radius 1 is 1.40 bits per heavy atom. The van der Waals surface area contributed by atoms with E-state index in [2.05, 4.69) is 49.5 Å². The van der Waals surface area contributed by atoms with Gasteiger partial charge in [0.15, 0.2) is 0 Å². The van der Waals surface area contributed by atoms with Gasteiger partial charge >= 0.3 is 0 Å². The van der Waals surface area contributed by atoms with E-state index in [1.807, 2.05) is 0 Å². The summed E-state index contributed by atoms with van der Waals surface area (Å²) in [6.45, 7) is 6.98. The molecule has 2 unspecified atom stereocenters. The monoisotopic (exact) mass is 270 g/mol. The molecule has 3 nitrogen and oxygen atoms in total. The molecule has 0 aliphatic carbocycles. The van der Waals surface area contributed by atoms with Crippen molar-refractivity contribution in [1.82, 2.24) is 10.3 Å². The van der Waals surface area contributed by atoms with Crippen molar-refractivity contribution in [3.8, 4) is 0 Å². The zero-order valence-corrected chi connectivity index (χ0v) is 12.2. The lowest BCUT2D eigenvalue weighted by Gasteiger charge is -2.23. The third kappa shape index (κ3) is 2.56. The van der Waals surface area contributed by atoms with Crippen LogP contribution >= 0.6 is 0 Å². The van der Waals surface area contributed by atoms with Crippen LogP contribution in [0.1, 0.15) is 30.6 Å². The fourth-order valence-corrected chi connectivity index (χ4v) is 3.08. The van der Waals surface area contributed by atoms with E-state index in [9.17, 15) is 0 Å². The van der Waals surface area contributed by atoms with Gasteiger partial charge in [0.2, 0.25) is 0 Å². The fraction of sp³-hybridized carbons (Fsp3) is 0.471. The van der Waals surface area contributed by atoms with E-state index in [-0.39, 0.29) is 0 Å². The number of nitrogens with zero attached hydrogens (tertiary/aromatic N) is 1. The second-order valence-corrected chi connectivity index (χ2v) is 5.54. The van der Waals surface area contributed by atoms with Crippen molar-refractivity contribution in [1.29, 1.82) is 0 Å². The third-order valence-electron chi connectivity index (χ3n) is 4.12. The van der Waals surface area contributed by atoms with Crippen molar-refractivity contribution in [3.05, 3.63) is 41.6 Å². The number of hydrogen-bond acceptors (Lipinski definition) is 3. The van der Waals surface area contributed by atoms with E-state index in [1.165, 1.54) is 10.9 Å². The van der Waals surface area contributed by atoms with E-state index in [1.54, 1.807) is 0 Å². The van der Waals surface area contributed by atoms with E-state index in [0.717, 1.165) is 37.4 Å². The van der Waals surface area contributed by atoms with Crippen LogP contribution in [0.3, 0.4) is 0 Å². The van der Waals surface area contributed by atoms with Gasteiger partial charge in [0, 0.05) is 17.9 Å². The molecule has 1 aliphatic heterocycles. The molecular formula is C17H22N2O. The highest BCUT2D eigenvalue weighted by Gasteiger charge is 2.27. The number of aryl methyl sites for hydroxylation is 1. The van der Waals surface area contributed by atoms with E-state index in [4.69, 9.17) is 9.72 Å². The van der Waals surface area contributed by atoms with Crippen LogP contribution < -0.4 is 5.32 Å². The number of rotatable bonds is 4. The first-order chi connectivity index (χ1) is 9.79. The average Bonchev–Trinajstić information content (AvgIpc) is 2.98. The van der Waals surface area contributed by atoms with Crippen molar-refractivity contribution >= 4 is 10.9 Å². The highest BCUT2D eigenvalue weighted by Crippen LogP contribution is 2.30. The van der Waals surface area contributed by atoms with Gasteiger partial charge in [-0.3, -0.25) is 4.98 Å². The molecule has 1 aliphatic rings. The summed E-state index contributed by atoms with van der Waals surface area (Å²) in [6, 6.07) is 10.9. The Morgan fingerprint density at radius 3 is 3.00 bits per heavy atom. The van der Waals surface area contributed by atoms with Crippen molar-refractivity contribution in [2.45, 2.75) is 26.3 Å². The van der Waals surface area contributed by atoms with Crippen molar-refractivity contribution in [2.24, 2.45) is 5.92 Å². The number of fused-ring (bicyclic) bond motifs is 1. The third-order valence-corrected chi connectivity index (χ3v) is 4.12. The number of nitrogens with one attached hydrogen (secondary N) is 1. The van der Waals surface area contributed by atoms with Gasteiger partial charge in [-0.15, -0.1) is 0 Å². The Morgan fingerprint density at radius 2 is 2.25 bits per heavy atom. The van der Waals surface area contributed by atoms with Crippen LogP contribution in [0.25, 0.3) is 10.9 Å². The topological polar surface area (TPSA) is 34.2 Å². The minimum absolute atomic E-state index is 0.297. The summed E-state index contributed by atoms with van der Waals surface area (Å²) in [5, 5.41) is 4.83. The second-order valence-electron chi connectivity index (χ2n) is 5.54. The Bertz CT molecular complexity index is 591. The van der Waals surface area contributed by atoms with Crippen LogP contribution in [0.2, 0.25) is 0 Å². The molecule has 2 aromatic rings. The molecule has 3 rings (SSSR count). The molecule has 0 radical (unpaired) electrons. The normalized spacial score (nSPS) is 20.4. The standard InChI is InChI=1S/C17H22N2O/c1-3-18-17(13-8-9-20-11-13)16-10-12(2)14-6-4-5-7-15(14)19-16/h4-7,10,13,17-18H,3,8-9,11H2,1-2H3. The first kappa shape index (κ1) is 13.5. The van der Waals surface area contributed by atoms with Gasteiger partial charge in [-0.1, -0.05) is 25.1 Å². The van der Waals surface area contributed by atoms with Crippen LogP contribution in [-0.4, -0.2) is 24.7 Å². The molecule has 1 aromatic carbocycles. The first-order valence-electron chi connectivity index (χ1n) is 7.47. The molecule has 20 heavy (non-hydrogen) atoms. The summed E-state index contributed by atoms with van der Waals surface area (Å²) in [4.78, 5) is 4.88. The maximum Gasteiger partial charge on any atom is 0.0708 e. The van der Waals surface area contributed by atoms with E-state index >= 15 is 0 Å². The summed E-state index contributed by atoms with van der Waals surface area (Å²) in [5.41, 5.74) is 3.54. The maximum absolute atomic E-state index is 5.56. The minimum Gasteiger partial charge on any atom is -0.381 e. The molecule has 1 fully saturated rings. The van der Waals surface area contributed by atoms with Gasteiger partial charge in [-0.05, 0) is 37.6 Å². The zero-order chi connectivity index (χ0) is 13.9. The Hall–Kier alpha value is -1.45. The molecule has 2 atom stereocenters. The summed E-state index contributed by atoms with van der Waals surface area (Å²) in [7, 11) is 0. The molecule has 0 spiro atoms. The molecule has 3 heteroatoms. The molecule has 0 bridgehead atoms. The largest absolute Gasteiger partial charge is 0.381 e. The second kappa shape index (κ2) is 5.90. The summed E-state index contributed by atoms with van der Waals surface area (Å²) < 4.78 is 5.56. The van der Waals surface area contributed by atoms with Crippen molar-refractivity contribution in [2.75, 3.05) is 19.8 Å². The Labute approximate surface area is 120 Å². The van der Waals surface area contributed by atoms with Gasteiger partial charge in [0.05, 0.1) is 23.9 Å². The number of aromatic nitrogens is 1. The summed E-state index contributed by atoms with van der Waals surface area (Å²) in [5.74, 6) is 0.531. The van der Waals surface area contributed by atoms with E-state index in [0.29, 0.717) is 12.0 Å². The van der Waals surface area contributed by atoms with Gasteiger partial charge in [-0.2, -0.15) is 0 Å². The number of ether oxygens (including phenoxy) is 1. The first-order valence-corrected chi connectivity index (χ1v) is 7.47. The Kier molecular flexibility index (Phi) is 3.99. The number of benzene rings is 1. The van der Waals surface area contributed by atoms with Gasteiger partial charge < -0.3 is 10.1 Å². The molecule has 106 valence electrons. The minimum atomic E-state index is 0.297. The quantitative estimate of drug-likeness (QED) is 0.926.